The zero-order valence-electron chi connectivity index (χ0n) is 10.7. The van der Waals surface area contributed by atoms with Crippen LogP contribution in [0, 0.1) is 17.8 Å². The van der Waals surface area contributed by atoms with E-state index in [1.54, 1.807) is 0 Å². The molecule has 1 aliphatic rings. The van der Waals surface area contributed by atoms with Crippen molar-refractivity contribution in [1.82, 2.24) is 5.32 Å². The van der Waals surface area contributed by atoms with Crippen LogP contribution in [0.5, 0.6) is 0 Å². The molecule has 1 fully saturated rings. The van der Waals surface area contributed by atoms with Crippen molar-refractivity contribution in [1.29, 1.82) is 0 Å². The quantitative estimate of drug-likeness (QED) is 0.774. The van der Waals surface area contributed by atoms with Crippen LogP contribution >= 0.6 is 0 Å². The topological polar surface area (TPSA) is 66.4 Å². The molecule has 0 aromatic heterocycles. The van der Waals surface area contributed by atoms with Gasteiger partial charge in [0.25, 0.3) is 0 Å². The molecular formula is C13H23NO3. The number of hydrogen-bond donors (Lipinski definition) is 2. The van der Waals surface area contributed by atoms with E-state index in [4.69, 9.17) is 5.11 Å². The van der Waals surface area contributed by atoms with Crippen LogP contribution in [-0.2, 0) is 9.59 Å². The van der Waals surface area contributed by atoms with Gasteiger partial charge in [-0.05, 0) is 25.2 Å². The molecule has 2 N–H and O–H groups in total. The highest BCUT2D eigenvalue weighted by atomic mass is 16.4. The zero-order valence-corrected chi connectivity index (χ0v) is 10.7. The second-order valence-corrected chi connectivity index (χ2v) is 5.04. The van der Waals surface area contributed by atoms with Gasteiger partial charge in [0, 0.05) is 12.5 Å². The van der Waals surface area contributed by atoms with Crippen LogP contribution in [0.3, 0.4) is 0 Å². The molecule has 0 spiro atoms. The Hall–Kier alpha value is -1.06. The minimum absolute atomic E-state index is 0.0156. The normalized spacial score (nSPS) is 26.2. The molecule has 3 atom stereocenters. The summed E-state index contributed by atoms with van der Waals surface area (Å²) in [6.07, 6.45) is 4.55. The predicted molar refractivity (Wildman–Crippen MR) is 65.5 cm³/mol. The summed E-state index contributed by atoms with van der Waals surface area (Å²) in [6, 6.07) is 0. The van der Waals surface area contributed by atoms with Gasteiger partial charge in [0.15, 0.2) is 0 Å². The summed E-state index contributed by atoms with van der Waals surface area (Å²) in [5.41, 5.74) is 0. The Morgan fingerprint density at radius 1 is 1.35 bits per heavy atom. The van der Waals surface area contributed by atoms with E-state index in [1.165, 1.54) is 0 Å². The summed E-state index contributed by atoms with van der Waals surface area (Å²) < 4.78 is 0. The van der Waals surface area contributed by atoms with Gasteiger partial charge in [-0.1, -0.05) is 26.7 Å². The molecular weight excluding hydrogens is 218 g/mol. The molecule has 98 valence electrons. The lowest BCUT2D eigenvalue weighted by Crippen LogP contribution is -2.38. The molecule has 0 saturated heterocycles. The molecule has 0 bridgehead atoms. The van der Waals surface area contributed by atoms with Crippen LogP contribution in [-0.4, -0.2) is 23.5 Å². The van der Waals surface area contributed by atoms with Gasteiger partial charge in [-0.2, -0.15) is 0 Å². The monoisotopic (exact) mass is 241 g/mol. The summed E-state index contributed by atoms with van der Waals surface area (Å²) in [4.78, 5) is 22.7. The third-order valence-electron chi connectivity index (χ3n) is 3.82. The maximum atomic E-state index is 11.6. The second-order valence-electron chi connectivity index (χ2n) is 5.04. The first-order valence-corrected chi connectivity index (χ1v) is 6.56. The summed E-state index contributed by atoms with van der Waals surface area (Å²) in [5, 5.41) is 12.0. The lowest BCUT2D eigenvalue weighted by Gasteiger charge is -2.28. The first-order chi connectivity index (χ1) is 8.06. The van der Waals surface area contributed by atoms with Gasteiger partial charge in [-0.3, -0.25) is 9.59 Å². The van der Waals surface area contributed by atoms with Gasteiger partial charge in [0.1, 0.15) is 0 Å². The van der Waals surface area contributed by atoms with Gasteiger partial charge in [-0.25, -0.2) is 0 Å². The second kappa shape index (κ2) is 6.62. The van der Waals surface area contributed by atoms with Crippen molar-refractivity contribution in [2.75, 3.05) is 6.54 Å². The third kappa shape index (κ3) is 4.02. The predicted octanol–water partition coefficient (Wildman–Crippen LogP) is 2.04. The van der Waals surface area contributed by atoms with E-state index in [0.717, 1.165) is 32.1 Å². The largest absolute Gasteiger partial charge is 0.481 e. The minimum atomic E-state index is -0.715. The molecule has 1 rings (SSSR count). The lowest BCUT2D eigenvalue weighted by molar-refractivity contribution is -0.145. The number of hydrogen-bond acceptors (Lipinski definition) is 2. The van der Waals surface area contributed by atoms with Crippen LogP contribution in [0.25, 0.3) is 0 Å². The van der Waals surface area contributed by atoms with Gasteiger partial charge < -0.3 is 10.4 Å². The molecule has 17 heavy (non-hydrogen) atoms. The summed E-state index contributed by atoms with van der Waals surface area (Å²) in [7, 11) is 0. The van der Waals surface area contributed by atoms with E-state index >= 15 is 0 Å². The number of amides is 1. The fraction of sp³-hybridized carbons (Fsp3) is 0.846. The SMILES string of the molecule is CCC(C)C(=O)NCC1CCCCC1C(=O)O. The number of carboxylic acid groups (broad SMARTS) is 1. The fourth-order valence-corrected chi connectivity index (χ4v) is 2.37. The molecule has 0 radical (unpaired) electrons. The molecule has 3 unspecified atom stereocenters. The summed E-state index contributed by atoms with van der Waals surface area (Å²) in [5.74, 6) is -0.827. The Kier molecular flexibility index (Phi) is 5.45. The molecule has 0 heterocycles. The first kappa shape index (κ1) is 14.0. The molecule has 1 saturated carbocycles. The van der Waals surface area contributed by atoms with Crippen LogP contribution in [0.4, 0.5) is 0 Å². The van der Waals surface area contributed by atoms with E-state index in [9.17, 15) is 9.59 Å². The van der Waals surface area contributed by atoms with E-state index in [2.05, 4.69) is 5.32 Å². The number of carbonyl (C=O) groups is 2. The molecule has 4 nitrogen and oxygen atoms in total. The maximum Gasteiger partial charge on any atom is 0.306 e. The van der Waals surface area contributed by atoms with Crippen molar-refractivity contribution in [3.8, 4) is 0 Å². The van der Waals surface area contributed by atoms with E-state index < -0.39 is 5.97 Å². The maximum absolute atomic E-state index is 11.6. The van der Waals surface area contributed by atoms with Gasteiger partial charge >= 0.3 is 5.97 Å². The van der Waals surface area contributed by atoms with Crippen molar-refractivity contribution in [2.45, 2.75) is 46.0 Å². The van der Waals surface area contributed by atoms with Crippen molar-refractivity contribution in [2.24, 2.45) is 17.8 Å². The molecule has 1 aliphatic carbocycles. The Bertz CT molecular complexity index is 278. The van der Waals surface area contributed by atoms with E-state index in [0.29, 0.717) is 6.54 Å². The van der Waals surface area contributed by atoms with Crippen molar-refractivity contribution in [3.63, 3.8) is 0 Å². The summed E-state index contributed by atoms with van der Waals surface area (Å²) in [6.45, 7) is 4.38. The number of rotatable bonds is 5. The fourth-order valence-electron chi connectivity index (χ4n) is 2.37. The Balaban J connectivity index is 2.43. The van der Waals surface area contributed by atoms with Crippen LogP contribution in [0.15, 0.2) is 0 Å². The molecule has 4 heteroatoms. The Morgan fingerprint density at radius 3 is 2.59 bits per heavy atom. The zero-order chi connectivity index (χ0) is 12.8. The molecule has 0 aromatic carbocycles. The smallest absolute Gasteiger partial charge is 0.306 e. The van der Waals surface area contributed by atoms with E-state index in [-0.39, 0.29) is 23.7 Å². The van der Waals surface area contributed by atoms with Gasteiger partial charge in [-0.15, -0.1) is 0 Å². The summed E-state index contributed by atoms with van der Waals surface area (Å²) >= 11 is 0. The van der Waals surface area contributed by atoms with Gasteiger partial charge in [0.05, 0.1) is 5.92 Å². The standard InChI is InChI=1S/C13H23NO3/c1-3-9(2)12(15)14-8-10-6-4-5-7-11(10)13(16)17/h9-11H,3-8H2,1-2H3,(H,14,15)(H,16,17). The van der Waals surface area contributed by atoms with Crippen molar-refractivity contribution >= 4 is 11.9 Å². The Labute approximate surface area is 103 Å². The van der Waals surface area contributed by atoms with Crippen LogP contribution < -0.4 is 5.32 Å². The number of carboxylic acids is 1. The van der Waals surface area contributed by atoms with E-state index in [1.807, 2.05) is 13.8 Å². The average Bonchev–Trinajstić information content (AvgIpc) is 2.35. The van der Waals surface area contributed by atoms with Crippen molar-refractivity contribution < 1.29 is 14.7 Å². The number of carbonyl (C=O) groups excluding carboxylic acids is 1. The van der Waals surface area contributed by atoms with Crippen LogP contribution in [0.1, 0.15) is 46.0 Å². The van der Waals surface area contributed by atoms with Crippen molar-refractivity contribution in [3.05, 3.63) is 0 Å². The highest BCUT2D eigenvalue weighted by Crippen LogP contribution is 2.29. The number of aliphatic carboxylic acids is 1. The highest BCUT2D eigenvalue weighted by molar-refractivity contribution is 5.78. The Morgan fingerprint density at radius 2 is 2.00 bits per heavy atom. The van der Waals surface area contributed by atoms with Crippen LogP contribution in [0.2, 0.25) is 0 Å². The number of nitrogens with one attached hydrogen (secondary N) is 1. The first-order valence-electron chi connectivity index (χ1n) is 6.56. The molecule has 0 aromatic rings. The third-order valence-corrected chi connectivity index (χ3v) is 3.82. The highest BCUT2D eigenvalue weighted by Gasteiger charge is 2.30. The molecule has 1 amide bonds. The van der Waals surface area contributed by atoms with Gasteiger partial charge in [0.2, 0.25) is 5.91 Å². The minimum Gasteiger partial charge on any atom is -0.481 e. The lowest BCUT2D eigenvalue weighted by atomic mass is 9.79. The average molecular weight is 241 g/mol. The molecule has 0 aliphatic heterocycles.